The Morgan fingerprint density at radius 3 is 2.24 bits per heavy atom. The number of hydrogen-bond donors (Lipinski definition) is 0. The lowest BCUT2D eigenvalue weighted by molar-refractivity contribution is -0.384. The van der Waals surface area contributed by atoms with Gasteiger partial charge in [-0.05, 0) is 57.2 Å². The van der Waals surface area contributed by atoms with E-state index in [4.69, 9.17) is 13.7 Å². The number of nitro groups is 1. The Morgan fingerprint density at radius 1 is 1.06 bits per heavy atom. The summed E-state index contributed by atoms with van der Waals surface area (Å²) in [6.45, 7) is 14.2. The first-order valence-corrected chi connectivity index (χ1v) is 12.7. The van der Waals surface area contributed by atoms with Crippen molar-refractivity contribution in [3.8, 4) is 5.75 Å². The first-order valence-electron chi connectivity index (χ1n) is 11.1. The van der Waals surface area contributed by atoms with Crippen molar-refractivity contribution in [3.05, 3.63) is 76.5 Å². The molecule has 0 spiro atoms. The van der Waals surface area contributed by atoms with Gasteiger partial charge in [-0.25, -0.2) is 4.74 Å². The van der Waals surface area contributed by atoms with Crippen molar-refractivity contribution in [2.45, 2.75) is 46.7 Å². The van der Waals surface area contributed by atoms with Gasteiger partial charge >= 0.3 is 0 Å². The number of nitro benzene ring substituents is 1. The molecule has 0 N–H and O–H groups in total. The molecule has 0 aliphatic heterocycles. The molecule has 176 valence electrons. The van der Waals surface area contributed by atoms with Gasteiger partial charge in [-0.15, -0.1) is 0 Å². The largest absolute Gasteiger partial charge is 0.457 e. The van der Waals surface area contributed by atoms with Crippen LogP contribution in [0.25, 0.3) is 0 Å². The van der Waals surface area contributed by atoms with Crippen LogP contribution in [-0.2, 0) is 0 Å². The predicted octanol–water partition coefficient (Wildman–Crippen LogP) is 7.29. The van der Waals surface area contributed by atoms with Crippen molar-refractivity contribution in [3.63, 3.8) is 0 Å². The fourth-order valence-electron chi connectivity index (χ4n) is 3.60. The van der Waals surface area contributed by atoms with Crippen LogP contribution in [0, 0.1) is 17.0 Å². The Labute approximate surface area is 195 Å². The number of hydrogen-bond acceptors (Lipinski definition) is 6. The van der Waals surface area contributed by atoms with Crippen molar-refractivity contribution < 1.29 is 13.9 Å². The minimum atomic E-state index is -2.79. The van der Waals surface area contributed by atoms with Gasteiger partial charge in [0.2, 0.25) is 7.28 Å². The fourth-order valence-corrected chi connectivity index (χ4v) is 6.48. The van der Waals surface area contributed by atoms with Crippen LogP contribution in [0.4, 0.5) is 17.1 Å². The van der Waals surface area contributed by atoms with E-state index in [2.05, 4.69) is 45.6 Å². The second-order valence-corrected chi connectivity index (χ2v) is 12.1. The lowest BCUT2D eigenvalue weighted by Gasteiger charge is -2.35. The molecule has 1 atom stereocenters. The third-order valence-corrected chi connectivity index (χ3v) is 9.08. The maximum Gasteiger partial charge on any atom is 0.269 e. The Bertz CT molecular complexity index is 1160. The van der Waals surface area contributed by atoms with Gasteiger partial charge in [0.05, 0.1) is 10.6 Å². The van der Waals surface area contributed by atoms with Gasteiger partial charge in [0, 0.05) is 42.1 Å². The molecule has 7 nitrogen and oxygen atoms in total. The molecule has 33 heavy (non-hydrogen) atoms. The summed E-state index contributed by atoms with van der Waals surface area (Å²) < 4.78 is 18.0. The molecule has 0 aliphatic rings. The van der Waals surface area contributed by atoms with E-state index in [-0.39, 0.29) is 5.69 Å². The molecule has 3 rings (SSSR count). The van der Waals surface area contributed by atoms with E-state index < -0.39 is 17.4 Å². The molecule has 1 heterocycles. The molecule has 3 aromatic rings. The van der Waals surface area contributed by atoms with Crippen LogP contribution in [0.3, 0.4) is 0 Å². The zero-order valence-electron chi connectivity index (χ0n) is 20.1. The average molecular weight is 470 g/mol. The maximum atomic E-state index is 11.1. The third kappa shape index (κ3) is 5.31. The Balaban J connectivity index is 2.21. The standard InChI is InChI=1S/C25H32N3O4P/c1-7-27(8-2)22-10-9-11-23(18-22)32-33(25(4,5)6,24-17-12-19(3)31-24)26-20-13-15-21(16-14-20)28(29)30/h9-18H,7-8H2,1-6H3. The molecular weight excluding hydrogens is 437 g/mol. The number of benzene rings is 2. The van der Waals surface area contributed by atoms with E-state index >= 15 is 0 Å². The molecule has 0 saturated heterocycles. The minimum absolute atomic E-state index is 0.0235. The van der Waals surface area contributed by atoms with Crippen LogP contribution >= 0.6 is 7.28 Å². The summed E-state index contributed by atoms with van der Waals surface area (Å²) in [4.78, 5) is 12.9. The van der Waals surface area contributed by atoms with Crippen LogP contribution in [-0.4, -0.2) is 23.2 Å². The lowest BCUT2D eigenvalue weighted by Crippen LogP contribution is -2.26. The molecule has 0 saturated carbocycles. The molecule has 2 aromatic carbocycles. The van der Waals surface area contributed by atoms with Crippen molar-refractivity contribution >= 4 is 29.8 Å². The summed E-state index contributed by atoms with van der Waals surface area (Å²) >= 11 is 0. The van der Waals surface area contributed by atoms with Gasteiger partial charge in [-0.3, -0.25) is 10.1 Å². The number of rotatable bonds is 8. The minimum Gasteiger partial charge on any atom is -0.457 e. The van der Waals surface area contributed by atoms with Crippen LogP contribution < -0.4 is 14.9 Å². The number of aryl methyl sites for hydroxylation is 1. The van der Waals surface area contributed by atoms with Crippen molar-refractivity contribution in [2.24, 2.45) is 4.74 Å². The van der Waals surface area contributed by atoms with E-state index in [0.717, 1.165) is 24.5 Å². The topological polar surface area (TPSA) is 81.1 Å². The van der Waals surface area contributed by atoms with Crippen LogP contribution in [0.5, 0.6) is 5.75 Å². The summed E-state index contributed by atoms with van der Waals surface area (Å²) in [7, 11) is -2.79. The van der Waals surface area contributed by atoms with E-state index in [1.165, 1.54) is 12.1 Å². The quantitative estimate of drug-likeness (QED) is 0.196. The molecule has 1 aromatic heterocycles. The highest BCUT2D eigenvalue weighted by Crippen LogP contribution is 2.62. The molecular formula is C25H32N3O4P. The highest BCUT2D eigenvalue weighted by Gasteiger charge is 2.41. The Morgan fingerprint density at radius 2 is 1.73 bits per heavy atom. The molecule has 0 amide bonds. The van der Waals surface area contributed by atoms with Crippen molar-refractivity contribution in [1.29, 1.82) is 0 Å². The average Bonchev–Trinajstić information content (AvgIpc) is 3.20. The van der Waals surface area contributed by atoms with Crippen LogP contribution in [0.1, 0.15) is 40.4 Å². The van der Waals surface area contributed by atoms with Gasteiger partial charge in [0.25, 0.3) is 5.69 Å². The zero-order chi connectivity index (χ0) is 24.2. The number of furan rings is 1. The second-order valence-electron chi connectivity index (χ2n) is 8.77. The molecule has 0 aliphatic carbocycles. The van der Waals surface area contributed by atoms with Crippen molar-refractivity contribution in [1.82, 2.24) is 0 Å². The SMILES string of the molecule is CCN(CC)c1cccc(OP(=Nc2ccc([N+](=O)[O-])cc2)(c2ccc(C)o2)C(C)(C)C)c1. The van der Waals surface area contributed by atoms with Gasteiger partial charge in [-0.1, -0.05) is 26.8 Å². The number of anilines is 1. The smallest absolute Gasteiger partial charge is 0.269 e. The van der Waals surface area contributed by atoms with E-state index in [0.29, 0.717) is 16.9 Å². The lowest BCUT2D eigenvalue weighted by atomic mass is 10.2. The molecule has 0 bridgehead atoms. The molecule has 1 unspecified atom stereocenters. The predicted molar refractivity (Wildman–Crippen MR) is 136 cm³/mol. The second kappa shape index (κ2) is 9.84. The third-order valence-electron chi connectivity index (χ3n) is 5.43. The number of nitrogens with zero attached hydrogens (tertiary/aromatic N) is 3. The summed E-state index contributed by atoms with van der Waals surface area (Å²) in [6, 6.07) is 18.1. The Hall–Kier alpha value is -3.05. The van der Waals surface area contributed by atoms with Gasteiger partial charge in [-0.2, -0.15) is 0 Å². The zero-order valence-corrected chi connectivity index (χ0v) is 21.0. The molecule has 8 heteroatoms. The summed E-state index contributed by atoms with van der Waals surface area (Å²) in [6.07, 6.45) is 0. The molecule has 0 radical (unpaired) electrons. The van der Waals surface area contributed by atoms with E-state index in [1.54, 1.807) is 12.1 Å². The Kier molecular flexibility index (Phi) is 7.33. The fraction of sp³-hybridized carbons (Fsp3) is 0.360. The van der Waals surface area contributed by atoms with Gasteiger partial charge in [0.15, 0.2) is 5.50 Å². The summed E-state index contributed by atoms with van der Waals surface area (Å²) in [5.74, 6) is 1.49. The number of non-ortho nitro benzene ring substituents is 1. The first kappa shape index (κ1) is 24.6. The highest BCUT2D eigenvalue weighted by atomic mass is 31.2. The van der Waals surface area contributed by atoms with Crippen LogP contribution in [0.2, 0.25) is 0 Å². The maximum absolute atomic E-state index is 11.1. The van der Waals surface area contributed by atoms with Crippen molar-refractivity contribution in [2.75, 3.05) is 18.0 Å². The monoisotopic (exact) mass is 469 g/mol. The van der Waals surface area contributed by atoms with Gasteiger partial charge < -0.3 is 13.8 Å². The van der Waals surface area contributed by atoms with Gasteiger partial charge in [0.1, 0.15) is 11.5 Å². The summed E-state index contributed by atoms with van der Waals surface area (Å²) in [5.41, 5.74) is 2.39. The normalized spacial score (nSPS) is 13.3. The highest BCUT2D eigenvalue weighted by molar-refractivity contribution is 7.70. The summed E-state index contributed by atoms with van der Waals surface area (Å²) in [5, 5.41) is 10.7. The van der Waals surface area contributed by atoms with E-state index in [9.17, 15) is 10.1 Å². The first-order chi connectivity index (χ1) is 15.6. The molecule has 0 fully saturated rings. The van der Waals surface area contributed by atoms with E-state index in [1.807, 2.05) is 37.3 Å². The van der Waals surface area contributed by atoms with Crippen LogP contribution in [0.15, 0.2) is 69.8 Å².